The molecule has 1 N–H and O–H groups in total. The highest BCUT2D eigenvalue weighted by atomic mass is 35.5. The lowest BCUT2D eigenvalue weighted by Crippen LogP contribution is -2.27. The number of hydrogen-bond donors (Lipinski definition) is 1. The van der Waals surface area contributed by atoms with Gasteiger partial charge in [0.25, 0.3) is 5.56 Å². The summed E-state index contributed by atoms with van der Waals surface area (Å²) in [6.45, 7) is 5.08. The van der Waals surface area contributed by atoms with Crippen molar-refractivity contribution in [3.05, 3.63) is 45.2 Å². The summed E-state index contributed by atoms with van der Waals surface area (Å²) in [6, 6.07) is 1.48. The van der Waals surface area contributed by atoms with Crippen LogP contribution in [0.1, 0.15) is 20.8 Å². The Morgan fingerprint density at radius 2 is 1.77 bits per heavy atom. The van der Waals surface area contributed by atoms with Gasteiger partial charge in [-0.2, -0.15) is 0 Å². The van der Waals surface area contributed by atoms with E-state index in [0.29, 0.717) is 0 Å². The fourth-order valence-corrected chi connectivity index (χ4v) is 2.74. The zero-order valence-electron chi connectivity index (χ0n) is 14.1. The molecular formula is C17H14Cl2N4O3. The molecule has 26 heavy (non-hydrogen) atoms. The minimum Gasteiger partial charge on any atom is -0.423 e. The number of rotatable bonds is 2. The van der Waals surface area contributed by atoms with Gasteiger partial charge < -0.3 is 9.72 Å². The van der Waals surface area contributed by atoms with Gasteiger partial charge in [0.2, 0.25) is 0 Å². The second-order valence-electron chi connectivity index (χ2n) is 6.51. The fourth-order valence-electron chi connectivity index (χ4n) is 2.20. The number of H-pyrrole nitrogens is 1. The van der Waals surface area contributed by atoms with E-state index in [9.17, 15) is 9.59 Å². The molecule has 3 heterocycles. The third-order valence-corrected chi connectivity index (χ3v) is 4.11. The Morgan fingerprint density at radius 1 is 1.08 bits per heavy atom. The van der Waals surface area contributed by atoms with Gasteiger partial charge in [-0.15, -0.1) is 0 Å². The van der Waals surface area contributed by atoms with Crippen molar-refractivity contribution in [1.82, 2.24) is 19.9 Å². The summed E-state index contributed by atoms with van der Waals surface area (Å²) in [7, 11) is 0. The van der Waals surface area contributed by atoms with Crippen molar-refractivity contribution in [2.75, 3.05) is 0 Å². The molecular weight excluding hydrogens is 379 g/mol. The highest BCUT2D eigenvalue weighted by Crippen LogP contribution is 2.39. The first kappa shape index (κ1) is 18.3. The van der Waals surface area contributed by atoms with Crippen molar-refractivity contribution in [2.24, 2.45) is 5.41 Å². The predicted octanol–water partition coefficient (Wildman–Crippen LogP) is 3.64. The lowest BCUT2D eigenvalue weighted by atomic mass is 9.97. The summed E-state index contributed by atoms with van der Waals surface area (Å²) in [5, 5.41) is 0.186. The maximum Gasteiger partial charge on any atom is 0.316 e. The molecule has 9 heteroatoms. The van der Waals surface area contributed by atoms with E-state index in [0.717, 1.165) is 0 Å². The minimum atomic E-state index is -0.809. The molecule has 0 atom stereocenters. The summed E-state index contributed by atoms with van der Waals surface area (Å²) in [4.78, 5) is 40.0. The topological polar surface area (TPSA) is 97.8 Å². The van der Waals surface area contributed by atoms with E-state index in [4.69, 9.17) is 27.9 Å². The molecule has 0 spiro atoms. The van der Waals surface area contributed by atoms with Gasteiger partial charge in [0.05, 0.1) is 16.0 Å². The Hall–Kier alpha value is -2.51. The second kappa shape index (κ2) is 6.66. The Morgan fingerprint density at radius 3 is 2.42 bits per heavy atom. The van der Waals surface area contributed by atoms with Gasteiger partial charge in [-0.25, -0.2) is 15.0 Å². The first-order chi connectivity index (χ1) is 12.2. The van der Waals surface area contributed by atoms with Gasteiger partial charge in [-0.1, -0.05) is 23.2 Å². The Labute approximate surface area is 158 Å². The zero-order valence-corrected chi connectivity index (χ0v) is 15.6. The quantitative estimate of drug-likeness (QED) is 0.527. The van der Waals surface area contributed by atoms with Crippen LogP contribution in [-0.2, 0) is 4.79 Å². The van der Waals surface area contributed by atoms with Crippen LogP contribution in [0.3, 0.4) is 0 Å². The molecule has 3 aromatic rings. The lowest BCUT2D eigenvalue weighted by Gasteiger charge is -2.19. The van der Waals surface area contributed by atoms with Crippen LogP contribution >= 0.6 is 23.2 Å². The zero-order chi connectivity index (χ0) is 19.1. The first-order valence-corrected chi connectivity index (χ1v) is 8.35. The van der Waals surface area contributed by atoms with Crippen LogP contribution in [0.2, 0.25) is 10.2 Å². The Balaban J connectivity index is 2.39. The fraction of sp³-hybridized carbons (Fsp3) is 0.235. The van der Waals surface area contributed by atoms with Crippen molar-refractivity contribution >= 4 is 40.3 Å². The number of aromatic amines is 1. The number of hydrogen-bond acceptors (Lipinski definition) is 6. The largest absolute Gasteiger partial charge is 0.423 e. The number of pyridine rings is 2. The highest BCUT2D eigenvalue weighted by molar-refractivity contribution is 6.38. The van der Waals surface area contributed by atoms with Gasteiger partial charge in [0, 0.05) is 24.2 Å². The normalized spacial score (nSPS) is 11.6. The van der Waals surface area contributed by atoms with E-state index in [-0.39, 0.29) is 38.2 Å². The van der Waals surface area contributed by atoms with Crippen molar-refractivity contribution in [3.63, 3.8) is 0 Å². The molecule has 3 rings (SSSR count). The SMILES string of the molecule is CC(C)(C)C(=O)Oc1c(-c2c(Cl)ccnc2Cl)c(=O)[nH]c2nccnc12. The van der Waals surface area contributed by atoms with Crippen LogP contribution in [0.15, 0.2) is 29.5 Å². The Bertz CT molecular complexity index is 1050. The second-order valence-corrected chi connectivity index (χ2v) is 7.28. The molecule has 0 unspecified atom stereocenters. The van der Waals surface area contributed by atoms with E-state index in [1.54, 1.807) is 20.8 Å². The van der Waals surface area contributed by atoms with E-state index in [1.165, 1.54) is 24.7 Å². The standard InChI is InChI=1S/C17H14Cl2N4O3/c1-17(2,3)16(25)26-12-10(9-8(18)4-5-21-13(9)19)15(24)23-14-11(12)20-6-7-22-14/h4-7H,1-3H3,(H,22,23,24). The molecule has 0 aliphatic heterocycles. The smallest absolute Gasteiger partial charge is 0.316 e. The van der Waals surface area contributed by atoms with Gasteiger partial charge in [-0.05, 0) is 26.8 Å². The summed E-state index contributed by atoms with van der Waals surface area (Å²) >= 11 is 12.4. The molecule has 0 bridgehead atoms. The molecule has 0 aromatic carbocycles. The molecule has 134 valence electrons. The molecule has 0 fully saturated rings. The molecule has 0 saturated carbocycles. The summed E-state index contributed by atoms with van der Waals surface area (Å²) in [5.74, 6) is -0.610. The summed E-state index contributed by atoms with van der Waals surface area (Å²) in [6.07, 6.45) is 4.24. The summed E-state index contributed by atoms with van der Waals surface area (Å²) < 4.78 is 5.56. The van der Waals surface area contributed by atoms with Gasteiger partial charge in [-0.3, -0.25) is 9.59 Å². The van der Waals surface area contributed by atoms with Crippen molar-refractivity contribution < 1.29 is 9.53 Å². The number of esters is 1. The molecule has 0 amide bonds. The summed E-state index contributed by atoms with van der Waals surface area (Å²) in [5.41, 5.74) is -0.881. The third-order valence-electron chi connectivity index (χ3n) is 3.51. The average molecular weight is 393 g/mol. The van der Waals surface area contributed by atoms with Crippen LogP contribution in [-0.4, -0.2) is 25.9 Å². The maximum absolute atomic E-state index is 12.7. The predicted molar refractivity (Wildman–Crippen MR) is 98.5 cm³/mol. The van der Waals surface area contributed by atoms with Crippen LogP contribution in [0.25, 0.3) is 22.3 Å². The van der Waals surface area contributed by atoms with E-state index >= 15 is 0 Å². The monoisotopic (exact) mass is 392 g/mol. The highest BCUT2D eigenvalue weighted by Gasteiger charge is 2.29. The van der Waals surface area contributed by atoms with E-state index in [2.05, 4.69) is 19.9 Å². The lowest BCUT2D eigenvalue weighted by molar-refractivity contribution is -0.142. The van der Waals surface area contributed by atoms with Crippen molar-refractivity contribution in [2.45, 2.75) is 20.8 Å². The third kappa shape index (κ3) is 3.27. The molecule has 0 aliphatic carbocycles. The number of nitrogens with zero attached hydrogens (tertiary/aromatic N) is 3. The molecule has 0 saturated heterocycles. The van der Waals surface area contributed by atoms with Crippen LogP contribution in [0.4, 0.5) is 0 Å². The maximum atomic E-state index is 12.7. The molecule has 7 nitrogen and oxygen atoms in total. The van der Waals surface area contributed by atoms with Crippen LogP contribution < -0.4 is 10.3 Å². The van der Waals surface area contributed by atoms with E-state index in [1.807, 2.05) is 0 Å². The van der Waals surface area contributed by atoms with E-state index < -0.39 is 16.9 Å². The number of carbonyl (C=O) groups excluding carboxylic acids is 1. The van der Waals surface area contributed by atoms with Crippen LogP contribution in [0, 0.1) is 5.41 Å². The Kier molecular flexibility index (Phi) is 4.68. The molecule has 0 radical (unpaired) electrons. The van der Waals surface area contributed by atoms with Crippen LogP contribution in [0.5, 0.6) is 5.75 Å². The van der Waals surface area contributed by atoms with Crippen molar-refractivity contribution in [1.29, 1.82) is 0 Å². The average Bonchev–Trinajstić information content (AvgIpc) is 2.55. The minimum absolute atomic E-state index is 0.000650. The van der Waals surface area contributed by atoms with Gasteiger partial charge >= 0.3 is 5.97 Å². The number of fused-ring (bicyclic) bond motifs is 1. The molecule has 0 aliphatic rings. The number of carbonyl (C=O) groups is 1. The molecule has 3 aromatic heterocycles. The number of halogens is 2. The van der Waals surface area contributed by atoms with Gasteiger partial charge in [0.15, 0.2) is 11.4 Å². The van der Waals surface area contributed by atoms with Gasteiger partial charge in [0.1, 0.15) is 10.7 Å². The number of nitrogens with one attached hydrogen (secondary N) is 1. The van der Waals surface area contributed by atoms with Crippen molar-refractivity contribution in [3.8, 4) is 16.9 Å². The number of ether oxygens (including phenoxy) is 1. The first-order valence-electron chi connectivity index (χ1n) is 7.60. The number of aromatic nitrogens is 4.